The number of likely N-dealkylation sites (N-methyl/N-ethyl adjacent to an activating group) is 1. The summed E-state index contributed by atoms with van der Waals surface area (Å²) in [6.07, 6.45) is 0.241. The monoisotopic (exact) mass is 334 g/mol. The van der Waals surface area contributed by atoms with Gasteiger partial charge in [0, 0.05) is 19.2 Å². The molecule has 25 heavy (non-hydrogen) atoms. The van der Waals surface area contributed by atoms with Crippen molar-refractivity contribution in [3.8, 4) is 11.5 Å². The van der Waals surface area contributed by atoms with Crippen molar-refractivity contribution in [2.24, 2.45) is 0 Å². The zero-order valence-electron chi connectivity index (χ0n) is 14.8. The van der Waals surface area contributed by atoms with E-state index in [9.17, 15) is 4.79 Å². The van der Waals surface area contributed by atoms with Gasteiger partial charge in [-0.2, -0.15) is 0 Å². The molecule has 3 aromatic rings. The standard InChI is InChI=1S/C21H22N2O2/c1-15-9-7-8-12-18(15)14-23(3)20(24)13-19-16(2)25-21(22-19)17-10-5-4-6-11-17/h4-12H,13-14H2,1-3H3. The van der Waals surface area contributed by atoms with Crippen LogP contribution in [0, 0.1) is 13.8 Å². The van der Waals surface area contributed by atoms with E-state index in [-0.39, 0.29) is 12.3 Å². The van der Waals surface area contributed by atoms with E-state index in [1.807, 2.05) is 62.5 Å². The van der Waals surface area contributed by atoms with Gasteiger partial charge in [-0.05, 0) is 37.1 Å². The fraction of sp³-hybridized carbons (Fsp3) is 0.238. The van der Waals surface area contributed by atoms with E-state index in [0.29, 0.717) is 23.9 Å². The Morgan fingerprint density at radius 2 is 1.72 bits per heavy atom. The Hall–Kier alpha value is -2.88. The summed E-state index contributed by atoms with van der Waals surface area (Å²) in [5.74, 6) is 1.28. The molecule has 0 atom stereocenters. The summed E-state index contributed by atoms with van der Waals surface area (Å²) < 4.78 is 5.74. The Balaban J connectivity index is 1.71. The van der Waals surface area contributed by atoms with Crippen LogP contribution in [0.1, 0.15) is 22.6 Å². The molecule has 4 heteroatoms. The summed E-state index contributed by atoms with van der Waals surface area (Å²) in [5, 5.41) is 0. The molecule has 1 aromatic heterocycles. The highest BCUT2D eigenvalue weighted by atomic mass is 16.4. The van der Waals surface area contributed by atoms with E-state index in [2.05, 4.69) is 18.0 Å². The molecular formula is C21H22N2O2. The molecule has 0 fully saturated rings. The number of hydrogen-bond donors (Lipinski definition) is 0. The number of aryl methyl sites for hydroxylation is 2. The molecule has 0 aliphatic carbocycles. The average molecular weight is 334 g/mol. The maximum Gasteiger partial charge on any atom is 0.228 e. The van der Waals surface area contributed by atoms with E-state index >= 15 is 0 Å². The number of aromatic nitrogens is 1. The van der Waals surface area contributed by atoms with Crippen molar-refractivity contribution in [2.45, 2.75) is 26.8 Å². The van der Waals surface area contributed by atoms with Gasteiger partial charge in [0.15, 0.2) is 0 Å². The van der Waals surface area contributed by atoms with Crippen LogP contribution in [0.2, 0.25) is 0 Å². The zero-order chi connectivity index (χ0) is 17.8. The van der Waals surface area contributed by atoms with E-state index in [1.165, 1.54) is 5.56 Å². The van der Waals surface area contributed by atoms with E-state index in [4.69, 9.17) is 4.42 Å². The molecule has 0 bridgehead atoms. The summed E-state index contributed by atoms with van der Waals surface area (Å²) in [6.45, 7) is 4.50. The van der Waals surface area contributed by atoms with Crippen molar-refractivity contribution >= 4 is 5.91 Å². The second kappa shape index (κ2) is 7.34. The van der Waals surface area contributed by atoms with Crippen molar-refractivity contribution < 1.29 is 9.21 Å². The summed E-state index contributed by atoms with van der Waals surface area (Å²) in [7, 11) is 1.82. The molecule has 0 aliphatic heterocycles. The largest absolute Gasteiger partial charge is 0.441 e. The fourth-order valence-electron chi connectivity index (χ4n) is 2.71. The highest BCUT2D eigenvalue weighted by molar-refractivity contribution is 5.78. The second-order valence-corrected chi connectivity index (χ2v) is 6.24. The third kappa shape index (κ3) is 3.97. The van der Waals surface area contributed by atoms with Gasteiger partial charge in [-0.15, -0.1) is 0 Å². The lowest BCUT2D eigenvalue weighted by Gasteiger charge is -2.18. The third-order valence-electron chi connectivity index (χ3n) is 4.33. The number of oxazole rings is 1. The SMILES string of the molecule is Cc1ccccc1CN(C)C(=O)Cc1nc(-c2ccccc2)oc1C. The number of nitrogens with zero attached hydrogens (tertiary/aromatic N) is 2. The predicted octanol–water partition coefficient (Wildman–Crippen LogP) is 4.16. The van der Waals surface area contributed by atoms with Crippen LogP contribution in [0.5, 0.6) is 0 Å². The number of benzene rings is 2. The van der Waals surface area contributed by atoms with Crippen LogP contribution in [0.15, 0.2) is 59.0 Å². The fourth-order valence-corrected chi connectivity index (χ4v) is 2.71. The summed E-state index contributed by atoms with van der Waals surface area (Å²) in [6, 6.07) is 17.8. The molecule has 1 heterocycles. The number of amides is 1. The average Bonchev–Trinajstić information content (AvgIpc) is 2.98. The van der Waals surface area contributed by atoms with Gasteiger partial charge in [0.25, 0.3) is 0 Å². The van der Waals surface area contributed by atoms with Crippen LogP contribution < -0.4 is 0 Å². The maximum absolute atomic E-state index is 12.6. The lowest BCUT2D eigenvalue weighted by atomic mass is 10.1. The molecule has 4 nitrogen and oxygen atoms in total. The van der Waals surface area contributed by atoms with Gasteiger partial charge >= 0.3 is 0 Å². The predicted molar refractivity (Wildman–Crippen MR) is 98.0 cm³/mol. The smallest absolute Gasteiger partial charge is 0.228 e. The van der Waals surface area contributed by atoms with Gasteiger partial charge in [-0.3, -0.25) is 4.79 Å². The van der Waals surface area contributed by atoms with Crippen LogP contribution in [0.25, 0.3) is 11.5 Å². The Morgan fingerprint density at radius 3 is 2.44 bits per heavy atom. The van der Waals surface area contributed by atoms with Crippen LogP contribution in [-0.4, -0.2) is 22.8 Å². The molecule has 128 valence electrons. The van der Waals surface area contributed by atoms with Crippen LogP contribution >= 0.6 is 0 Å². The molecule has 0 aliphatic rings. The Morgan fingerprint density at radius 1 is 1.04 bits per heavy atom. The number of carbonyl (C=O) groups excluding carboxylic acids is 1. The third-order valence-corrected chi connectivity index (χ3v) is 4.33. The summed E-state index contributed by atoms with van der Waals surface area (Å²) >= 11 is 0. The van der Waals surface area contributed by atoms with E-state index in [0.717, 1.165) is 11.1 Å². The minimum atomic E-state index is 0.0271. The first-order chi connectivity index (χ1) is 12.0. The van der Waals surface area contributed by atoms with Crippen molar-refractivity contribution in [2.75, 3.05) is 7.05 Å². The normalized spacial score (nSPS) is 10.7. The summed E-state index contributed by atoms with van der Waals surface area (Å²) in [5.41, 5.74) is 3.95. The van der Waals surface area contributed by atoms with Crippen molar-refractivity contribution in [3.63, 3.8) is 0 Å². The highest BCUT2D eigenvalue weighted by Gasteiger charge is 2.17. The minimum absolute atomic E-state index is 0.0271. The molecule has 0 radical (unpaired) electrons. The minimum Gasteiger partial charge on any atom is -0.441 e. The molecule has 0 saturated carbocycles. The Bertz CT molecular complexity index is 869. The molecular weight excluding hydrogens is 312 g/mol. The molecule has 0 unspecified atom stereocenters. The number of hydrogen-bond acceptors (Lipinski definition) is 3. The van der Waals surface area contributed by atoms with Crippen LogP contribution in [0.4, 0.5) is 0 Å². The number of carbonyl (C=O) groups is 1. The highest BCUT2D eigenvalue weighted by Crippen LogP contribution is 2.22. The first-order valence-electron chi connectivity index (χ1n) is 8.35. The van der Waals surface area contributed by atoms with Gasteiger partial charge in [0.2, 0.25) is 11.8 Å². The molecule has 0 saturated heterocycles. The maximum atomic E-state index is 12.6. The molecule has 1 amide bonds. The first kappa shape index (κ1) is 17.0. The lowest BCUT2D eigenvalue weighted by Crippen LogP contribution is -2.28. The van der Waals surface area contributed by atoms with Gasteiger partial charge in [0.05, 0.1) is 12.1 Å². The van der Waals surface area contributed by atoms with Gasteiger partial charge < -0.3 is 9.32 Å². The Kier molecular flexibility index (Phi) is 4.98. The van der Waals surface area contributed by atoms with Gasteiger partial charge in [-0.1, -0.05) is 42.5 Å². The van der Waals surface area contributed by atoms with Gasteiger partial charge in [-0.25, -0.2) is 4.98 Å². The zero-order valence-corrected chi connectivity index (χ0v) is 14.8. The van der Waals surface area contributed by atoms with E-state index in [1.54, 1.807) is 4.90 Å². The molecule has 2 aromatic carbocycles. The quantitative estimate of drug-likeness (QED) is 0.704. The number of rotatable bonds is 5. The second-order valence-electron chi connectivity index (χ2n) is 6.24. The molecule has 0 spiro atoms. The lowest BCUT2D eigenvalue weighted by molar-refractivity contribution is -0.129. The van der Waals surface area contributed by atoms with Crippen molar-refractivity contribution in [1.29, 1.82) is 0 Å². The Labute approximate surface area is 148 Å². The topological polar surface area (TPSA) is 46.3 Å². The van der Waals surface area contributed by atoms with E-state index < -0.39 is 0 Å². The molecule has 0 N–H and O–H groups in total. The first-order valence-corrected chi connectivity index (χ1v) is 8.35. The summed E-state index contributed by atoms with van der Waals surface area (Å²) in [4.78, 5) is 18.8. The van der Waals surface area contributed by atoms with Crippen LogP contribution in [-0.2, 0) is 17.8 Å². The molecule has 3 rings (SSSR count). The van der Waals surface area contributed by atoms with Gasteiger partial charge in [0.1, 0.15) is 5.76 Å². The van der Waals surface area contributed by atoms with Crippen LogP contribution in [0.3, 0.4) is 0 Å². The van der Waals surface area contributed by atoms with Crippen molar-refractivity contribution in [1.82, 2.24) is 9.88 Å². The van der Waals surface area contributed by atoms with Crippen molar-refractivity contribution in [3.05, 3.63) is 77.2 Å².